The average molecular weight is 602 g/mol. The zero-order valence-corrected chi connectivity index (χ0v) is 23.5. The number of amidine groups is 1. The fraction of sp³-hybridized carbons (Fsp3) is 0.370. The number of halogens is 1. The lowest BCUT2D eigenvalue weighted by Gasteiger charge is -2.28. The molecule has 3 aliphatic heterocycles. The minimum atomic E-state index is -0.105. The molecule has 3 aliphatic rings. The molecule has 0 unspecified atom stereocenters. The highest BCUT2D eigenvalue weighted by molar-refractivity contribution is 9.10. The third-order valence-electron chi connectivity index (χ3n) is 6.42. The fourth-order valence-corrected chi connectivity index (χ4v) is 5.74. The van der Waals surface area contributed by atoms with Crippen LogP contribution in [0.1, 0.15) is 5.56 Å². The highest BCUT2D eigenvalue weighted by Gasteiger charge is 2.30. The Labute approximate surface area is 234 Å². The van der Waals surface area contributed by atoms with Crippen molar-refractivity contribution in [1.29, 1.82) is 0 Å². The van der Waals surface area contributed by atoms with Crippen molar-refractivity contribution >= 4 is 62.1 Å². The number of hydrogen-bond donors (Lipinski definition) is 0. The summed E-state index contributed by atoms with van der Waals surface area (Å²) >= 11 is 4.87. The summed E-state index contributed by atoms with van der Waals surface area (Å²) in [4.78, 5) is 36.1. The monoisotopic (exact) mass is 600 g/mol. The van der Waals surface area contributed by atoms with Gasteiger partial charge in [-0.2, -0.15) is 0 Å². The van der Waals surface area contributed by atoms with Gasteiger partial charge in [0.2, 0.25) is 0 Å². The topological polar surface area (TPSA) is 83.9 Å². The summed E-state index contributed by atoms with van der Waals surface area (Å²) < 4.78 is 17.2. The molecule has 11 heteroatoms. The number of hydrogen-bond acceptors (Lipinski definition) is 8. The van der Waals surface area contributed by atoms with Crippen LogP contribution in [-0.2, 0) is 19.1 Å². The Balaban J connectivity index is 1.22. The maximum atomic E-state index is 12.9. The first kappa shape index (κ1) is 26.7. The molecule has 0 bridgehead atoms. The molecule has 3 heterocycles. The van der Waals surface area contributed by atoms with Gasteiger partial charge < -0.3 is 24.0 Å². The van der Waals surface area contributed by atoms with Crippen molar-refractivity contribution in [3.8, 4) is 5.75 Å². The number of amides is 2. The largest absolute Gasteiger partial charge is 0.483 e. The molecule has 0 aliphatic carbocycles. The molecule has 3 fully saturated rings. The number of carbonyl (C=O) groups excluding carboxylic acids is 2. The standard InChI is InChI=1S/C27H29BrN4O5S/c1-30-26(34)24(38-27(30)29-20-3-5-21(6-4-20)31-8-12-35-13-9-31)17-19-2-7-23(22(28)16-19)37-18-25(33)32-10-14-36-15-11-32/h2-7,16-17H,8-15,18H2,1H3/b24-17-,29-27?. The maximum Gasteiger partial charge on any atom is 0.266 e. The molecule has 0 saturated carbocycles. The van der Waals surface area contributed by atoms with Gasteiger partial charge in [0.25, 0.3) is 11.8 Å². The summed E-state index contributed by atoms with van der Waals surface area (Å²) in [7, 11) is 1.73. The van der Waals surface area contributed by atoms with Gasteiger partial charge in [-0.05, 0) is 75.7 Å². The van der Waals surface area contributed by atoms with E-state index < -0.39 is 0 Å². The van der Waals surface area contributed by atoms with Crippen LogP contribution in [0.4, 0.5) is 11.4 Å². The number of thioether (sulfide) groups is 1. The van der Waals surface area contributed by atoms with Crippen molar-refractivity contribution in [3.05, 3.63) is 57.4 Å². The van der Waals surface area contributed by atoms with Gasteiger partial charge in [0.15, 0.2) is 11.8 Å². The molecule has 2 amide bonds. The van der Waals surface area contributed by atoms with E-state index in [0.29, 0.717) is 46.6 Å². The summed E-state index contributed by atoms with van der Waals surface area (Å²) in [6, 6.07) is 13.6. The van der Waals surface area contributed by atoms with Crippen LogP contribution >= 0.6 is 27.7 Å². The van der Waals surface area contributed by atoms with E-state index in [1.54, 1.807) is 22.9 Å². The minimum absolute atomic E-state index is 0.0363. The summed E-state index contributed by atoms with van der Waals surface area (Å²) in [5.41, 5.74) is 2.77. The molecule has 0 N–H and O–H groups in total. The van der Waals surface area contributed by atoms with Crippen molar-refractivity contribution < 1.29 is 23.8 Å². The van der Waals surface area contributed by atoms with Crippen LogP contribution in [-0.4, -0.2) is 93.0 Å². The molecule has 0 radical (unpaired) electrons. The second-order valence-electron chi connectivity index (χ2n) is 8.96. The van der Waals surface area contributed by atoms with Crippen molar-refractivity contribution in [1.82, 2.24) is 9.80 Å². The molecule has 2 aromatic rings. The quantitative estimate of drug-likeness (QED) is 0.467. The predicted molar refractivity (Wildman–Crippen MR) is 152 cm³/mol. The van der Waals surface area contributed by atoms with Crippen LogP contribution in [0.25, 0.3) is 6.08 Å². The lowest BCUT2D eigenvalue weighted by Crippen LogP contribution is -2.43. The van der Waals surface area contributed by atoms with Gasteiger partial charge in [-0.1, -0.05) is 6.07 Å². The van der Waals surface area contributed by atoms with E-state index in [1.807, 2.05) is 30.3 Å². The molecule has 0 aromatic heterocycles. The molecular weight excluding hydrogens is 572 g/mol. The number of benzene rings is 2. The Hall–Kier alpha value is -2.86. The Morgan fingerprint density at radius 2 is 1.74 bits per heavy atom. The highest BCUT2D eigenvalue weighted by atomic mass is 79.9. The molecule has 38 heavy (non-hydrogen) atoms. The van der Waals surface area contributed by atoms with Crippen LogP contribution in [0, 0.1) is 0 Å². The first-order valence-electron chi connectivity index (χ1n) is 12.4. The number of morpholine rings is 2. The third-order valence-corrected chi connectivity index (χ3v) is 8.10. The van der Waals surface area contributed by atoms with Crippen molar-refractivity contribution in [2.75, 3.05) is 71.2 Å². The maximum absolute atomic E-state index is 12.9. The van der Waals surface area contributed by atoms with E-state index in [1.165, 1.54) is 11.8 Å². The Bertz CT molecular complexity index is 1240. The smallest absolute Gasteiger partial charge is 0.266 e. The summed E-state index contributed by atoms with van der Waals surface area (Å²) in [5, 5.41) is 0.626. The molecule has 2 aromatic carbocycles. The highest BCUT2D eigenvalue weighted by Crippen LogP contribution is 2.35. The lowest BCUT2D eigenvalue weighted by molar-refractivity contribution is -0.137. The molecule has 0 atom stereocenters. The Morgan fingerprint density at radius 1 is 1.05 bits per heavy atom. The Kier molecular flexibility index (Phi) is 8.68. The second kappa shape index (κ2) is 12.3. The number of carbonyl (C=O) groups is 2. The van der Waals surface area contributed by atoms with Crippen LogP contribution in [0.3, 0.4) is 0 Å². The SMILES string of the molecule is CN1C(=O)/C(=C/c2ccc(OCC(=O)N3CCOCC3)c(Br)c2)SC1=Nc1ccc(N2CCOCC2)cc1. The lowest BCUT2D eigenvalue weighted by atomic mass is 10.2. The van der Waals surface area contributed by atoms with E-state index >= 15 is 0 Å². The van der Waals surface area contributed by atoms with E-state index in [9.17, 15) is 9.59 Å². The van der Waals surface area contributed by atoms with Gasteiger partial charge in [0, 0.05) is 38.9 Å². The van der Waals surface area contributed by atoms with Crippen LogP contribution < -0.4 is 9.64 Å². The van der Waals surface area contributed by atoms with E-state index in [2.05, 4.69) is 33.0 Å². The minimum Gasteiger partial charge on any atom is -0.483 e. The summed E-state index contributed by atoms with van der Waals surface area (Å²) in [6.45, 7) is 5.48. The van der Waals surface area contributed by atoms with Crippen molar-refractivity contribution in [2.45, 2.75) is 0 Å². The van der Waals surface area contributed by atoms with Crippen LogP contribution in [0.2, 0.25) is 0 Å². The van der Waals surface area contributed by atoms with E-state index in [0.717, 1.165) is 43.2 Å². The number of anilines is 1. The molecule has 0 spiro atoms. The zero-order chi connectivity index (χ0) is 26.5. The fourth-order valence-electron chi connectivity index (χ4n) is 4.24. The van der Waals surface area contributed by atoms with Gasteiger partial charge in [-0.15, -0.1) is 0 Å². The number of ether oxygens (including phenoxy) is 3. The Morgan fingerprint density at radius 3 is 2.42 bits per heavy atom. The van der Waals surface area contributed by atoms with Gasteiger partial charge in [0.05, 0.1) is 41.5 Å². The number of rotatable bonds is 6. The van der Waals surface area contributed by atoms with Crippen molar-refractivity contribution in [3.63, 3.8) is 0 Å². The average Bonchev–Trinajstić information content (AvgIpc) is 3.21. The number of likely N-dealkylation sites (N-methyl/N-ethyl adjacent to an activating group) is 1. The molecular formula is C27H29BrN4O5S. The van der Waals surface area contributed by atoms with Crippen molar-refractivity contribution in [2.24, 2.45) is 4.99 Å². The van der Waals surface area contributed by atoms with E-state index in [4.69, 9.17) is 19.2 Å². The predicted octanol–water partition coefficient (Wildman–Crippen LogP) is 3.76. The molecule has 5 rings (SSSR count). The van der Waals surface area contributed by atoms with E-state index in [-0.39, 0.29) is 18.4 Å². The van der Waals surface area contributed by atoms with Gasteiger partial charge in [-0.25, -0.2) is 4.99 Å². The van der Waals surface area contributed by atoms with Gasteiger partial charge in [0.1, 0.15) is 5.75 Å². The third kappa shape index (κ3) is 6.40. The normalized spacial score (nSPS) is 20.5. The number of aliphatic imine (C=N–C) groups is 1. The van der Waals surface area contributed by atoms with Gasteiger partial charge in [-0.3, -0.25) is 14.5 Å². The van der Waals surface area contributed by atoms with Gasteiger partial charge >= 0.3 is 0 Å². The zero-order valence-electron chi connectivity index (χ0n) is 21.1. The molecule has 9 nitrogen and oxygen atoms in total. The molecule has 200 valence electrons. The van der Waals surface area contributed by atoms with Crippen LogP contribution in [0.15, 0.2) is 56.8 Å². The summed E-state index contributed by atoms with van der Waals surface area (Å²) in [5.74, 6) is 0.398. The molecule has 3 saturated heterocycles. The number of nitrogens with zero attached hydrogens (tertiary/aromatic N) is 4. The second-order valence-corrected chi connectivity index (χ2v) is 10.8. The summed E-state index contributed by atoms with van der Waals surface area (Å²) in [6.07, 6.45) is 1.83. The first-order valence-corrected chi connectivity index (χ1v) is 14.1. The first-order chi connectivity index (χ1) is 18.5. The van der Waals surface area contributed by atoms with Crippen LogP contribution in [0.5, 0.6) is 5.75 Å².